The van der Waals surface area contributed by atoms with Crippen molar-refractivity contribution in [3.63, 3.8) is 0 Å². The van der Waals surface area contributed by atoms with Gasteiger partial charge in [0.1, 0.15) is 5.75 Å². The summed E-state index contributed by atoms with van der Waals surface area (Å²) in [7, 11) is 0. The number of rotatable bonds is 6. The van der Waals surface area contributed by atoms with E-state index in [2.05, 4.69) is 22.5 Å². The molecule has 0 heterocycles. The second-order valence-electron chi connectivity index (χ2n) is 3.75. The van der Waals surface area contributed by atoms with Gasteiger partial charge in [0.25, 0.3) is 0 Å². The molecule has 0 bridgehead atoms. The zero-order valence-electron chi connectivity index (χ0n) is 9.58. The molecule has 0 unspecified atom stereocenters. The number of halogens is 1. The minimum Gasteiger partial charge on any atom is -0.493 e. The number of benzene rings is 1. The van der Waals surface area contributed by atoms with Gasteiger partial charge in [-0.2, -0.15) is 0 Å². The lowest BCUT2D eigenvalue weighted by Gasteiger charge is -2.14. The van der Waals surface area contributed by atoms with Crippen molar-refractivity contribution in [3.8, 4) is 5.75 Å². The number of nitrogens with two attached hydrogens (primary N) is 1. The lowest BCUT2D eigenvalue weighted by atomic mass is 10.1. The monoisotopic (exact) mass is 283 g/mol. The molecule has 0 fully saturated rings. The predicted molar refractivity (Wildman–Crippen MR) is 71.7 cm³/mol. The first-order valence-corrected chi connectivity index (χ1v) is 6.23. The third-order valence-electron chi connectivity index (χ3n) is 2.28. The number of ether oxygens (including phenoxy) is 1. The Balaban J connectivity index is 2.68. The quantitative estimate of drug-likeness (QED) is 0.636. The SMILES string of the molecule is C=CCCCOc1cc(Br)ccc1[C@H](C)N. The fraction of sp³-hybridized carbons (Fsp3) is 0.385. The molecule has 0 radical (unpaired) electrons. The van der Waals surface area contributed by atoms with E-state index in [1.165, 1.54) is 0 Å². The molecule has 2 nitrogen and oxygen atoms in total. The van der Waals surface area contributed by atoms with Crippen molar-refractivity contribution in [2.45, 2.75) is 25.8 Å². The molecule has 2 N–H and O–H groups in total. The van der Waals surface area contributed by atoms with E-state index in [-0.39, 0.29) is 6.04 Å². The van der Waals surface area contributed by atoms with Gasteiger partial charge in [0, 0.05) is 16.1 Å². The van der Waals surface area contributed by atoms with Gasteiger partial charge in [-0.25, -0.2) is 0 Å². The molecule has 16 heavy (non-hydrogen) atoms. The Kier molecular flexibility index (Phi) is 5.56. The van der Waals surface area contributed by atoms with Crippen LogP contribution in [-0.4, -0.2) is 6.61 Å². The average molecular weight is 284 g/mol. The molecule has 0 aliphatic carbocycles. The van der Waals surface area contributed by atoms with Gasteiger partial charge >= 0.3 is 0 Å². The number of allylic oxidation sites excluding steroid dienone is 1. The summed E-state index contributed by atoms with van der Waals surface area (Å²) in [6.07, 6.45) is 3.85. The van der Waals surface area contributed by atoms with E-state index in [9.17, 15) is 0 Å². The molecule has 0 saturated carbocycles. The van der Waals surface area contributed by atoms with E-state index in [1.54, 1.807) is 0 Å². The first kappa shape index (κ1) is 13.3. The van der Waals surface area contributed by atoms with Gasteiger partial charge in [0.15, 0.2) is 0 Å². The fourth-order valence-electron chi connectivity index (χ4n) is 1.42. The molecule has 1 atom stereocenters. The second kappa shape index (κ2) is 6.71. The summed E-state index contributed by atoms with van der Waals surface area (Å²) in [6.45, 7) is 6.34. The molecule has 3 heteroatoms. The van der Waals surface area contributed by atoms with Crippen LogP contribution in [0.3, 0.4) is 0 Å². The van der Waals surface area contributed by atoms with Gasteiger partial charge < -0.3 is 10.5 Å². The van der Waals surface area contributed by atoms with Crippen LogP contribution < -0.4 is 10.5 Å². The molecule has 0 saturated heterocycles. The largest absolute Gasteiger partial charge is 0.493 e. The van der Waals surface area contributed by atoms with Crippen molar-refractivity contribution in [3.05, 3.63) is 40.9 Å². The summed E-state index contributed by atoms with van der Waals surface area (Å²) >= 11 is 3.43. The molecule has 0 aliphatic rings. The molecular formula is C13H18BrNO. The minimum absolute atomic E-state index is 0.0116. The van der Waals surface area contributed by atoms with Gasteiger partial charge in [-0.3, -0.25) is 0 Å². The standard InChI is InChI=1S/C13H18BrNO/c1-3-4-5-8-16-13-9-11(14)6-7-12(13)10(2)15/h3,6-7,9-10H,1,4-5,8,15H2,2H3/t10-/m0/s1. The van der Waals surface area contributed by atoms with E-state index in [1.807, 2.05) is 31.2 Å². The van der Waals surface area contributed by atoms with Crippen LogP contribution in [0.2, 0.25) is 0 Å². The molecule has 0 aliphatic heterocycles. The number of hydrogen-bond acceptors (Lipinski definition) is 2. The van der Waals surface area contributed by atoms with Crippen LogP contribution in [-0.2, 0) is 0 Å². The molecule has 0 aromatic heterocycles. The van der Waals surface area contributed by atoms with Crippen LogP contribution in [0.4, 0.5) is 0 Å². The van der Waals surface area contributed by atoms with E-state index < -0.39 is 0 Å². The smallest absolute Gasteiger partial charge is 0.125 e. The molecular weight excluding hydrogens is 266 g/mol. The Morgan fingerprint density at radius 2 is 2.31 bits per heavy atom. The lowest BCUT2D eigenvalue weighted by molar-refractivity contribution is 0.307. The highest BCUT2D eigenvalue weighted by atomic mass is 79.9. The van der Waals surface area contributed by atoms with Crippen molar-refractivity contribution in [1.82, 2.24) is 0 Å². The third kappa shape index (κ3) is 3.99. The minimum atomic E-state index is -0.0116. The Morgan fingerprint density at radius 1 is 1.56 bits per heavy atom. The van der Waals surface area contributed by atoms with E-state index in [4.69, 9.17) is 10.5 Å². The summed E-state index contributed by atoms with van der Waals surface area (Å²) in [5, 5.41) is 0. The first-order valence-electron chi connectivity index (χ1n) is 5.44. The number of unbranched alkanes of at least 4 members (excludes halogenated alkanes) is 1. The van der Waals surface area contributed by atoms with Crippen LogP contribution in [0.1, 0.15) is 31.4 Å². The van der Waals surface area contributed by atoms with Gasteiger partial charge in [-0.15, -0.1) is 6.58 Å². The number of hydrogen-bond donors (Lipinski definition) is 1. The summed E-state index contributed by atoms with van der Waals surface area (Å²) < 4.78 is 6.73. The van der Waals surface area contributed by atoms with Gasteiger partial charge in [-0.05, 0) is 31.9 Å². The van der Waals surface area contributed by atoms with Gasteiger partial charge in [0.05, 0.1) is 6.61 Å². The first-order chi connectivity index (χ1) is 7.65. The summed E-state index contributed by atoms with van der Waals surface area (Å²) in [5.74, 6) is 0.869. The Labute approximate surface area is 106 Å². The van der Waals surface area contributed by atoms with Crippen LogP contribution >= 0.6 is 15.9 Å². The Hall–Kier alpha value is -0.800. The molecule has 1 aromatic rings. The third-order valence-corrected chi connectivity index (χ3v) is 2.77. The Morgan fingerprint density at radius 3 is 2.94 bits per heavy atom. The maximum Gasteiger partial charge on any atom is 0.125 e. The topological polar surface area (TPSA) is 35.2 Å². The Bertz CT molecular complexity index is 350. The second-order valence-corrected chi connectivity index (χ2v) is 4.67. The maximum atomic E-state index is 5.88. The summed E-state index contributed by atoms with van der Waals surface area (Å²) in [5.41, 5.74) is 6.93. The van der Waals surface area contributed by atoms with Crippen molar-refractivity contribution >= 4 is 15.9 Å². The van der Waals surface area contributed by atoms with Crippen molar-refractivity contribution in [2.75, 3.05) is 6.61 Å². The molecule has 0 amide bonds. The highest BCUT2D eigenvalue weighted by Gasteiger charge is 2.08. The highest BCUT2D eigenvalue weighted by Crippen LogP contribution is 2.27. The molecule has 1 rings (SSSR count). The van der Waals surface area contributed by atoms with E-state index in [0.29, 0.717) is 6.61 Å². The van der Waals surface area contributed by atoms with E-state index >= 15 is 0 Å². The normalized spacial score (nSPS) is 12.2. The molecule has 0 spiro atoms. The fourth-order valence-corrected chi connectivity index (χ4v) is 1.76. The summed E-state index contributed by atoms with van der Waals surface area (Å²) in [6, 6.07) is 5.93. The van der Waals surface area contributed by atoms with Gasteiger partial charge in [0.2, 0.25) is 0 Å². The average Bonchev–Trinajstić information content (AvgIpc) is 2.24. The maximum absolute atomic E-state index is 5.88. The van der Waals surface area contributed by atoms with Crippen LogP contribution in [0.25, 0.3) is 0 Å². The van der Waals surface area contributed by atoms with Crippen LogP contribution in [0.15, 0.2) is 35.3 Å². The lowest BCUT2D eigenvalue weighted by Crippen LogP contribution is -2.08. The molecule has 1 aromatic carbocycles. The zero-order chi connectivity index (χ0) is 12.0. The molecule has 88 valence electrons. The van der Waals surface area contributed by atoms with E-state index in [0.717, 1.165) is 28.6 Å². The zero-order valence-corrected chi connectivity index (χ0v) is 11.2. The highest BCUT2D eigenvalue weighted by molar-refractivity contribution is 9.10. The van der Waals surface area contributed by atoms with Crippen molar-refractivity contribution in [2.24, 2.45) is 5.73 Å². The van der Waals surface area contributed by atoms with Crippen LogP contribution in [0.5, 0.6) is 5.75 Å². The van der Waals surface area contributed by atoms with Crippen molar-refractivity contribution < 1.29 is 4.74 Å². The van der Waals surface area contributed by atoms with Gasteiger partial charge in [-0.1, -0.05) is 28.1 Å². The predicted octanol–water partition coefficient (Wildman–Crippen LogP) is 3.81. The summed E-state index contributed by atoms with van der Waals surface area (Å²) in [4.78, 5) is 0. The van der Waals surface area contributed by atoms with Crippen molar-refractivity contribution in [1.29, 1.82) is 0 Å². The van der Waals surface area contributed by atoms with Crippen LogP contribution in [0, 0.1) is 0 Å².